The third-order valence-corrected chi connectivity index (χ3v) is 6.22. The Bertz CT molecular complexity index is 1140. The second-order valence-electron chi connectivity index (χ2n) is 8.22. The molecule has 1 N–H and O–H groups in total. The first-order chi connectivity index (χ1) is 16.1. The summed E-state index contributed by atoms with van der Waals surface area (Å²) in [5, 5.41) is 2.69. The van der Waals surface area contributed by atoms with E-state index in [1.807, 2.05) is 0 Å². The highest BCUT2D eigenvalue weighted by molar-refractivity contribution is 6.01. The number of ether oxygens (including phenoxy) is 1. The SMILES string of the molecule is COC(=O)C1=C(c2ccc(F)cc2F)CC2CCC1N2C(=O)NCc1ccc(C(F)(F)F)cc1. The van der Waals surface area contributed by atoms with Crippen molar-refractivity contribution >= 4 is 17.6 Å². The van der Waals surface area contributed by atoms with Crippen molar-refractivity contribution in [2.24, 2.45) is 0 Å². The number of amides is 2. The smallest absolute Gasteiger partial charge is 0.416 e. The van der Waals surface area contributed by atoms with E-state index in [1.165, 1.54) is 30.2 Å². The van der Waals surface area contributed by atoms with Crippen LogP contribution in [0, 0.1) is 11.6 Å². The maximum absolute atomic E-state index is 14.5. The highest BCUT2D eigenvalue weighted by Crippen LogP contribution is 2.44. The van der Waals surface area contributed by atoms with Crippen LogP contribution < -0.4 is 5.32 Å². The minimum Gasteiger partial charge on any atom is -0.466 e. The van der Waals surface area contributed by atoms with Crippen molar-refractivity contribution in [3.63, 3.8) is 0 Å². The molecule has 1 fully saturated rings. The van der Waals surface area contributed by atoms with Crippen LogP contribution in [0.4, 0.5) is 26.7 Å². The van der Waals surface area contributed by atoms with E-state index in [4.69, 9.17) is 4.74 Å². The van der Waals surface area contributed by atoms with Gasteiger partial charge in [-0.2, -0.15) is 13.2 Å². The summed E-state index contributed by atoms with van der Waals surface area (Å²) >= 11 is 0. The van der Waals surface area contributed by atoms with Gasteiger partial charge in [-0.25, -0.2) is 18.4 Å². The molecule has 4 rings (SSSR count). The quantitative estimate of drug-likeness (QED) is 0.492. The van der Waals surface area contributed by atoms with Crippen LogP contribution >= 0.6 is 0 Å². The zero-order chi connectivity index (χ0) is 24.6. The van der Waals surface area contributed by atoms with Gasteiger partial charge < -0.3 is 15.0 Å². The summed E-state index contributed by atoms with van der Waals surface area (Å²) in [6.07, 6.45) is -3.26. The lowest BCUT2D eigenvalue weighted by molar-refractivity contribution is -0.138. The summed E-state index contributed by atoms with van der Waals surface area (Å²) in [5.41, 5.74) is 0.298. The van der Waals surface area contributed by atoms with E-state index in [0.29, 0.717) is 24.0 Å². The molecule has 2 aromatic rings. The fourth-order valence-electron chi connectivity index (χ4n) is 4.66. The molecule has 0 spiro atoms. The van der Waals surface area contributed by atoms with E-state index in [1.54, 1.807) is 0 Å². The van der Waals surface area contributed by atoms with E-state index < -0.39 is 41.4 Å². The molecule has 180 valence electrons. The molecule has 5 nitrogen and oxygen atoms in total. The summed E-state index contributed by atoms with van der Waals surface area (Å²) in [7, 11) is 1.18. The number of carbonyl (C=O) groups excluding carboxylic acids is 2. The van der Waals surface area contributed by atoms with E-state index in [0.717, 1.165) is 24.3 Å². The van der Waals surface area contributed by atoms with Gasteiger partial charge in [-0.3, -0.25) is 0 Å². The van der Waals surface area contributed by atoms with Crippen LogP contribution in [0.1, 0.15) is 36.0 Å². The van der Waals surface area contributed by atoms with Crippen LogP contribution in [0.2, 0.25) is 0 Å². The van der Waals surface area contributed by atoms with Crippen molar-refractivity contribution in [2.45, 2.75) is 44.1 Å². The second kappa shape index (κ2) is 9.08. The predicted octanol–water partition coefficient (Wildman–Crippen LogP) is 5.06. The molecule has 0 saturated carbocycles. The lowest BCUT2D eigenvalue weighted by Gasteiger charge is -2.37. The Labute approximate surface area is 192 Å². The van der Waals surface area contributed by atoms with Crippen LogP contribution in [0.15, 0.2) is 48.0 Å². The maximum atomic E-state index is 14.5. The number of fused-ring (bicyclic) bond motifs is 2. The van der Waals surface area contributed by atoms with Crippen LogP contribution in [0.25, 0.3) is 5.57 Å². The summed E-state index contributed by atoms with van der Waals surface area (Å²) in [6, 6.07) is 6.06. The molecule has 2 aromatic carbocycles. The molecule has 1 saturated heterocycles. The summed E-state index contributed by atoms with van der Waals surface area (Å²) in [6.45, 7) is -0.0103. The van der Waals surface area contributed by atoms with Crippen molar-refractivity contribution in [3.05, 3.63) is 76.4 Å². The number of benzene rings is 2. The minimum absolute atomic E-state index is 0.0103. The molecular weight excluding hydrogens is 459 g/mol. The number of hydrogen-bond donors (Lipinski definition) is 1. The van der Waals surface area contributed by atoms with E-state index in [9.17, 15) is 31.5 Å². The average Bonchev–Trinajstić information content (AvgIpc) is 3.10. The Morgan fingerprint density at radius 3 is 2.41 bits per heavy atom. The Morgan fingerprint density at radius 2 is 1.79 bits per heavy atom. The second-order valence-corrected chi connectivity index (χ2v) is 8.22. The predicted molar refractivity (Wildman–Crippen MR) is 112 cm³/mol. The van der Waals surface area contributed by atoms with Crippen molar-refractivity contribution in [2.75, 3.05) is 7.11 Å². The zero-order valence-electron chi connectivity index (χ0n) is 18.1. The van der Waals surface area contributed by atoms with Gasteiger partial charge in [0.25, 0.3) is 0 Å². The van der Waals surface area contributed by atoms with E-state index in [-0.39, 0.29) is 30.1 Å². The molecule has 2 aliphatic rings. The zero-order valence-corrected chi connectivity index (χ0v) is 18.1. The summed E-state index contributed by atoms with van der Waals surface area (Å²) < 4.78 is 71.1. The molecule has 2 aliphatic heterocycles. The van der Waals surface area contributed by atoms with Gasteiger partial charge in [-0.1, -0.05) is 12.1 Å². The fourth-order valence-corrected chi connectivity index (χ4v) is 4.66. The van der Waals surface area contributed by atoms with Crippen LogP contribution in [0.5, 0.6) is 0 Å². The van der Waals surface area contributed by atoms with Crippen molar-refractivity contribution < 1.29 is 36.3 Å². The fraction of sp³-hybridized carbons (Fsp3) is 0.333. The van der Waals surface area contributed by atoms with Gasteiger partial charge in [0.15, 0.2) is 0 Å². The largest absolute Gasteiger partial charge is 0.466 e. The topological polar surface area (TPSA) is 58.6 Å². The van der Waals surface area contributed by atoms with Crippen LogP contribution in [0.3, 0.4) is 0 Å². The number of alkyl halides is 3. The number of rotatable bonds is 4. The average molecular weight is 480 g/mol. The molecule has 10 heteroatoms. The van der Waals surface area contributed by atoms with Crippen molar-refractivity contribution in [3.8, 4) is 0 Å². The van der Waals surface area contributed by atoms with Gasteiger partial charge in [-0.05, 0) is 54.7 Å². The first kappa shape index (κ1) is 23.7. The molecule has 2 unspecified atom stereocenters. The standard InChI is InChI=1S/C24H21F5N2O3/c1-34-22(32)21-18(17-8-6-15(25)10-19(17)26)11-16-7-9-20(21)31(16)23(33)30-12-13-2-4-14(5-3-13)24(27,28)29/h2-6,8,10,16,20H,7,9,11-12H2,1H3,(H,30,33). The monoisotopic (exact) mass is 480 g/mol. The molecule has 0 radical (unpaired) electrons. The maximum Gasteiger partial charge on any atom is 0.416 e. The molecule has 34 heavy (non-hydrogen) atoms. The van der Waals surface area contributed by atoms with Crippen molar-refractivity contribution in [1.82, 2.24) is 10.2 Å². The van der Waals surface area contributed by atoms with Gasteiger partial charge in [0.1, 0.15) is 11.6 Å². The first-order valence-corrected chi connectivity index (χ1v) is 10.6. The Hall–Kier alpha value is -3.43. The molecule has 2 atom stereocenters. The van der Waals surface area contributed by atoms with E-state index >= 15 is 0 Å². The number of nitrogens with one attached hydrogen (secondary N) is 1. The minimum atomic E-state index is -4.45. The lowest BCUT2D eigenvalue weighted by Crippen LogP contribution is -2.50. The van der Waals surface area contributed by atoms with Gasteiger partial charge in [0.05, 0.1) is 24.3 Å². The van der Waals surface area contributed by atoms with Gasteiger partial charge >= 0.3 is 18.2 Å². The highest BCUT2D eigenvalue weighted by Gasteiger charge is 2.47. The normalized spacial score (nSPS) is 19.9. The molecular formula is C24H21F5N2O3. The van der Waals surface area contributed by atoms with Crippen LogP contribution in [-0.2, 0) is 22.3 Å². The third-order valence-electron chi connectivity index (χ3n) is 6.22. The number of hydrogen-bond acceptors (Lipinski definition) is 3. The van der Waals surface area contributed by atoms with Gasteiger partial charge in [0, 0.05) is 24.2 Å². The first-order valence-electron chi connectivity index (χ1n) is 10.6. The number of halogens is 5. The number of nitrogens with zero attached hydrogens (tertiary/aromatic N) is 1. The lowest BCUT2D eigenvalue weighted by atomic mass is 9.88. The number of urea groups is 1. The number of carbonyl (C=O) groups is 2. The number of methoxy groups -OCH3 is 1. The highest BCUT2D eigenvalue weighted by atomic mass is 19.4. The summed E-state index contributed by atoms with van der Waals surface area (Å²) in [4.78, 5) is 27.2. The molecule has 2 heterocycles. The Morgan fingerprint density at radius 1 is 1.09 bits per heavy atom. The molecule has 2 bridgehead atoms. The third kappa shape index (κ3) is 4.49. The van der Waals surface area contributed by atoms with Crippen molar-refractivity contribution in [1.29, 1.82) is 0 Å². The van der Waals surface area contributed by atoms with Crippen LogP contribution in [-0.4, -0.2) is 36.1 Å². The molecule has 0 aliphatic carbocycles. The Kier molecular flexibility index (Phi) is 6.33. The van der Waals surface area contributed by atoms with Gasteiger partial charge in [0.2, 0.25) is 0 Å². The van der Waals surface area contributed by atoms with E-state index in [2.05, 4.69) is 5.32 Å². The van der Waals surface area contributed by atoms with Gasteiger partial charge in [-0.15, -0.1) is 0 Å². The molecule has 2 amide bonds. The number of esters is 1. The molecule has 0 aromatic heterocycles. The summed E-state index contributed by atoms with van der Waals surface area (Å²) in [5.74, 6) is -2.26. The Balaban J connectivity index is 1.57.